The molecule has 1 aromatic rings. The zero-order valence-electron chi connectivity index (χ0n) is 8.98. The molecule has 3 N–H and O–H groups in total. The van der Waals surface area contributed by atoms with Gasteiger partial charge < -0.3 is 9.73 Å². The zero-order chi connectivity index (χ0) is 11.6. The predicted molar refractivity (Wildman–Crippen MR) is 59.1 cm³/mol. The summed E-state index contributed by atoms with van der Waals surface area (Å²) < 4.78 is 27.0. The maximum absolute atomic E-state index is 10.9. The van der Waals surface area contributed by atoms with E-state index in [2.05, 4.69) is 5.32 Å². The van der Waals surface area contributed by atoms with E-state index in [-0.39, 0.29) is 5.09 Å². The highest BCUT2D eigenvalue weighted by molar-refractivity contribution is 7.89. The Hall–Kier alpha value is -0.850. The second-order valence-corrected chi connectivity index (χ2v) is 5.67. The smallest absolute Gasteiger partial charge is 0.271 e. The van der Waals surface area contributed by atoms with E-state index >= 15 is 0 Å². The predicted octanol–water partition coefficient (Wildman–Crippen LogP) is 0.817. The van der Waals surface area contributed by atoms with Gasteiger partial charge in [0, 0.05) is 0 Å². The minimum atomic E-state index is -3.71. The average Bonchev–Trinajstić information content (AvgIpc) is 2.88. The van der Waals surface area contributed by atoms with Gasteiger partial charge in [-0.3, -0.25) is 0 Å². The van der Waals surface area contributed by atoms with Gasteiger partial charge in [0.1, 0.15) is 5.76 Å². The summed E-state index contributed by atoms with van der Waals surface area (Å²) in [6.07, 6.45) is 3.87. The highest BCUT2D eigenvalue weighted by Gasteiger charge is 2.20. The van der Waals surface area contributed by atoms with Crippen LogP contribution < -0.4 is 10.5 Å². The minimum absolute atomic E-state index is 0.175. The maximum Gasteiger partial charge on any atom is 0.271 e. The molecule has 6 heteroatoms. The first-order valence-electron chi connectivity index (χ1n) is 5.38. The van der Waals surface area contributed by atoms with E-state index in [1.165, 1.54) is 25.3 Å². The molecule has 0 amide bonds. The molecular weight excluding hydrogens is 228 g/mol. The van der Waals surface area contributed by atoms with Crippen LogP contribution in [0.3, 0.4) is 0 Å². The van der Waals surface area contributed by atoms with Crippen LogP contribution in [0.15, 0.2) is 21.6 Å². The van der Waals surface area contributed by atoms with Crippen molar-refractivity contribution in [2.24, 2.45) is 11.1 Å². The Balaban J connectivity index is 1.78. The van der Waals surface area contributed by atoms with Gasteiger partial charge in [0.15, 0.2) is 0 Å². The summed E-state index contributed by atoms with van der Waals surface area (Å²) in [5.41, 5.74) is 0. The molecule has 0 bridgehead atoms. The van der Waals surface area contributed by atoms with Crippen LogP contribution in [0.1, 0.15) is 25.0 Å². The summed E-state index contributed by atoms with van der Waals surface area (Å²) in [5.74, 6) is 1.49. The van der Waals surface area contributed by atoms with Crippen LogP contribution in [0, 0.1) is 5.92 Å². The Bertz CT molecular complexity index is 448. The molecule has 0 aromatic carbocycles. The van der Waals surface area contributed by atoms with E-state index in [9.17, 15) is 8.42 Å². The fourth-order valence-corrected chi connectivity index (χ4v) is 2.01. The summed E-state index contributed by atoms with van der Waals surface area (Å²) in [5, 5.41) is 7.96. The summed E-state index contributed by atoms with van der Waals surface area (Å²) in [7, 11) is -3.71. The molecule has 1 heterocycles. The third-order valence-corrected chi connectivity index (χ3v) is 3.42. The van der Waals surface area contributed by atoms with Crippen LogP contribution in [0.2, 0.25) is 0 Å². The molecule has 1 aromatic heterocycles. The Morgan fingerprint density at radius 3 is 2.75 bits per heavy atom. The molecule has 5 nitrogen and oxygen atoms in total. The van der Waals surface area contributed by atoms with Crippen molar-refractivity contribution < 1.29 is 12.8 Å². The summed E-state index contributed by atoms with van der Waals surface area (Å²) in [4.78, 5) is 0. The van der Waals surface area contributed by atoms with Gasteiger partial charge in [-0.25, -0.2) is 13.6 Å². The summed E-state index contributed by atoms with van der Waals surface area (Å²) >= 11 is 0. The summed E-state index contributed by atoms with van der Waals surface area (Å²) in [6.45, 7) is 1.48. The van der Waals surface area contributed by atoms with Crippen molar-refractivity contribution in [2.75, 3.05) is 6.54 Å². The lowest BCUT2D eigenvalue weighted by atomic mass is 10.3. The molecule has 0 aliphatic heterocycles. The number of hydrogen-bond acceptors (Lipinski definition) is 4. The van der Waals surface area contributed by atoms with Crippen LogP contribution in [-0.4, -0.2) is 15.0 Å². The van der Waals surface area contributed by atoms with E-state index in [1.807, 2.05) is 0 Å². The lowest BCUT2D eigenvalue weighted by Gasteiger charge is -2.00. The SMILES string of the molecule is NS(=O)(=O)c1ccc(CNCCC2CC2)o1. The molecule has 16 heavy (non-hydrogen) atoms. The van der Waals surface area contributed by atoms with E-state index in [1.54, 1.807) is 6.07 Å². The fourth-order valence-electron chi connectivity index (χ4n) is 1.53. The highest BCUT2D eigenvalue weighted by Crippen LogP contribution is 2.31. The zero-order valence-corrected chi connectivity index (χ0v) is 9.79. The van der Waals surface area contributed by atoms with Crippen molar-refractivity contribution in [1.82, 2.24) is 5.32 Å². The third-order valence-electron chi connectivity index (χ3n) is 2.64. The Morgan fingerprint density at radius 2 is 2.19 bits per heavy atom. The quantitative estimate of drug-likeness (QED) is 0.725. The van der Waals surface area contributed by atoms with Gasteiger partial charge in [0.05, 0.1) is 6.54 Å². The lowest BCUT2D eigenvalue weighted by Crippen LogP contribution is -2.15. The fraction of sp³-hybridized carbons (Fsp3) is 0.600. The second kappa shape index (κ2) is 4.57. The van der Waals surface area contributed by atoms with Gasteiger partial charge in [0.2, 0.25) is 5.09 Å². The summed E-state index contributed by atoms with van der Waals surface area (Å²) in [6, 6.07) is 3.01. The van der Waals surface area contributed by atoms with Crippen molar-refractivity contribution in [3.63, 3.8) is 0 Å². The van der Waals surface area contributed by atoms with E-state index < -0.39 is 10.0 Å². The van der Waals surface area contributed by atoms with Crippen molar-refractivity contribution in [3.05, 3.63) is 17.9 Å². The molecule has 0 atom stereocenters. The molecule has 0 unspecified atom stereocenters. The van der Waals surface area contributed by atoms with Gasteiger partial charge in [-0.1, -0.05) is 12.8 Å². The second-order valence-electron chi connectivity index (χ2n) is 4.17. The standard InChI is InChI=1S/C10H16N2O3S/c11-16(13,14)10-4-3-9(15-10)7-12-6-5-8-1-2-8/h3-4,8,12H,1-2,5-7H2,(H2,11,13,14). The first-order chi connectivity index (χ1) is 7.55. The van der Waals surface area contributed by atoms with Gasteiger partial charge in [0.25, 0.3) is 10.0 Å². The number of nitrogens with two attached hydrogens (primary N) is 1. The largest absolute Gasteiger partial charge is 0.447 e. The Morgan fingerprint density at radius 1 is 1.44 bits per heavy atom. The average molecular weight is 244 g/mol. The molecule has 1 aliphatic carbocycles. The molecule has 90 valence electrons. The monoisotopic (exact) mass is 244 g/mol. The molecule has 0 spiro atoms. The van der Waals surface area contributed by atoms with Crippen molar-refractivity contribution >= 4 is 10.0 Å². The van der Waals surface area contributed by atoms with Crippen LogP contribution >= 0.6 is 0 Å². The molecule has 2 rings (SSSR count). The van der Waals surface area contributed by atoms with Gasteiger partial charge in [-0.15, -0.1) is 0 Å². The molecule has 0 saturated heterocycles. The van der Waals surface area contributed by atoms with Crippen molar-refractivity contribution in [1.29, 1.82) is 0 Å². The van der Waals surface area contributed by atoms with Crippen molar-refractivity contribution in [3.8, 4) is 0 Å². The Labute approximate surface area is 95.1 Å². The number of hydrogen-bond donors (Lipinski definition) is 2. The van der Waals surface area contributed by atoms with Crippen LogP contribution in [0.25, 0.3) is 0 Å². The number of primary sulfonamides is 1. The molecular formula is C10H16N2O3S. The topological polar surface area (TPSA) is 85.3 Å². The molecule has 0 radical (unpaired) electrons. The maximum atomic E-state index is 10.9. The first kappa shape index (κ1) is 11.6. The van der Waals surface area contributed by atoms with E-state index in [0.29, 0.717) is 12.3 Å². The number of furan rings is 1. The normalized spacial score (nSPS) is 16.6. The Kier molecular flexibility index (Phi) is 3.32. The lowest BCUT2D eigenvalue weighted by molar-refractivity contribution is 0.401. The third kappa shape index (κ3) is 3.33. The number of sulfonamides is 1. The van der Waals surface area contributed by atoms with Crippen LogP contribution in [0.4, 0.5) is 0 Å². The van der Waals surface area contributed by atoms with Gasteiger partial charge >= 0.3 is 0 Å². The molecule has 1 aliphatic rings. The van der Waals surface area contributed by atoms with Crippen molar-refractivity contribution in [2.45, 2.75) is 30.9 Å². The number of rotatable bonds is 6. The van der Waals surface area contributed by atoms with Gasteiger partial charge in [-0.2, -0.15) is 0 Å². The molecule has 1 fully saturated rings. The first-order valence-corrected chi connectivity index (χ1v) is 6.92. The van der Waals surface area contributed by atoms with Gasteiger partial charge in [-0.05, 0) is 31.0 Å². The minimum Gasteiger partial charge on any atom is -0.447 e. The van der Waals surface area contributed by atoms with Crippen LogP contribution in [-0.2, 0) is 16.6 Å². The molecule has 1 saturated carbocycles. The highest BCUT2D eigenvalue weighted by atomic mass is 32.2. The number of nitrogens with one attached hydrogen (secondary N) is 1. The van der Waals surface area contributed by atoms with E-state index in [0.717, 1.165) is 12.5 Å². The van der Waals surface area contributed by atoms with E-state index in [4.69, 9.17) is 9.56 Å². The van der Waals surface area contributed by atoms with Crippen LogP contribution in [0.5, 0.6) is 0 Å².